The highest BCUT2D eigenvalue weighted by Crippen LogP contribution is 2.32. The smallest absolute Gasteiger partial charge is 0.319 e. The number of benzene rings is 1. The predicted molar refractivity (Wildman–Crippen MR) is 116 cm³/mol. The van der Waals surface area contributed by atoms with E-state index in [-0.39, 0.29) is 42.7 Å². The van der Waals surface area contributed by atoms with Crippen LogP contribution in [0.3, 0.4) is 0 Å². The summed E-state index contributed by atoms with van der Waals surface area (Å²) in [5.74, 6) is 0.245. The van der Waals surface area contributed by atoms with Gasteiger partial charge in [0.15, 0.2) is 0 Å². The van der Waals surface area contributed by atoms with E-state index in [1.54, 1.807) is 30.1 Å². The van der Waals surface area contributed by atoms with Crippen LogP contribution >= 0.6 is 0 Å². The highest BCUT2D eigenvalue weighted by Gasteiger charge is 2.39. The van der Waals surface area contributed by atoms with Gasteiger partial charge in [0.1, 0.15) is 18.5 Å². The molecule has 0 aliphatic carbocycles. The molecule has 0 saturated carbocycles. The highest BCUT2D eigenvalue weighted by atomic mass is 16.5. The van der Waals surface area contributed by atoms with Crippen molar-refractivity contribution in [2.45, 2.75) is 57.8 Å². The number of hydrogen-bond donors (Lipinski definition) is 3. The van der Waals surface area contributed by atoms with E-state index in [2.05, 4.69) is 16.0 Å². The molecule has 2 heterocycles. The Morgan fingerprint density at radius 1 is 1.19 bits per heavy atom. The van der Waals surface area contributed by atoms with Gasteiger partial charge in [0, 0.05) is 25.8 Å². The molecule has 1 aromatic rings. The molecule has 4 amide bonds. The number of anilines is 1. The van der Waals surface area contributed by atoms with Crippen molar-refractivity contribution >= 4 is 23.5 Å². The number of carbonyl (C=O) groups is 3. The first-order chi connectivity index (χ1) is 14.9. The number of ether oxygens (including phenoxy) is 2. The third kappa shape index (κ3) is 5.66. The second-order valence-electron chi connectivity index (χ2n) is 7.92. The number of likely N-dealkylation sites (N-methyl/N-ethyl adjacent to an activating group) is 1. The van der Waals surface area contributed by atoms with Crippen LogP contribution < -0.4 is 20.7 Å². The molecule has 31 heavy (non-hydrogen) atoms. The fourth-order valence-corrected chi connectivity index (χ4v) is 3.98. The Morgan fingerprint density at radius 2 is 2.00 bits per heavy atom. The van der Waals surface area contributed by atoms with Gasteiger partial charge in [0.2, 0.25) is 5.91 Å². The Balaban J connectivity index is 1.71. The topological polar surface area (TPSA) is 109 Å². The van der Waals surface area contributed by atoms with E-state index >= 15 is 0 Å². The summed E-state index contributed by atoms with van der Waals surface area (Å²) in [6.07, 6.45) is 2.13. The van der Waals surface area contributed by atoms with Crippen molar-refractivity contribution in [3.05, 3.63) is 23.8 Å². The lowest BCUT2D eigenvalue weighted by Gasteiger charge is -2.42. The maximum absolute atomic E-state index is 13.2. The summed E-state index contributed by atoms with van der Waals surface area (Å²) in [5, 5.41) is 8.26. The summed E-state index contributed by atoms with van der Waals surface area (Å²) in [6.45, 7) is 5.29. The summed E-state index contributed by atoms with van der Waals surface area (Å²) in [6, 6.07) is 4.54. The molecular formula is C22H32N4O5. The van der Waals surface area contributed by atoms with Crippen molar-refractivity contribution < 1.29 is 23.9 Å². The number of nitrogens with one attached hydrogen (secondary N) is 3. The van der Waals surface area contributed by atoms with Crippen LogP contribution in [0, 0.1) is 0 Å². The maximum Gasteiger partial charge on any atom is 0.319 e. The standard InChI is InChI=1S/C22H32N4O5/c1-4-10-24-20(27)12-15-7-8-17-19(31-15)13-30-18-9-6-14(25-22(29)23-5-2)11-16(18)21(28)26(17)3/h6,9,11,15,17,19H,4-5,7-8,10,12-13H2,1-3H3,(H,24,27)(H2,23,25,29)/t15-,17-,19-/m0/s1. The molecule has 9 heteroatoms. The van der Waals surface area contributed by atoms with E-state index in [0.29, 0.717) is 42.9 Å². The number of urea groups is 1. The quantitative estimate of drug-likeness (QED) is 0.638. The molecule has 0 radical (unpaired) electrons. The van der Waals surface area contributed by atoms with Gasteiger partial charge in [-0.1, -0.05) is 6.92 Å². The number of hydrogen-bond acceptors (Lipinski definition) is 5. The van der Waals surface area contributed by atoms with E-state index in [9.17, 15) is 14.4 Å². The van der Waals surface area contributed by atoms with Crippen molar-refractivity contribution in [1.29, 1.82) is 0 Å². The van der Waals surface area contributed by atoms with Gasteiger partial charge >= 0.3 is 6.03 Å². The molecule has 1 aromatic carbocycles. The third-order valence-electron chi connectivity index (χ3n) is 5.59. The molecule has 3 rings (SSSR count). The molecule has 0 aromatic heterocycles. The Morgan fingerprint density at radius 3 is 2.74 bits per heavy atom. The Hall–Kier alpha value is -2.81. The Labute approximate surface area is 182 Å². The third-order valence-corrected chi connectivity index (χ3v) is 5.59. The number of carbonyl (C=O) groups excluding carboxylic acids is 3. The second kappa shape index (κ2) is 10.5. The highest BCUT2D eigenvalue weighted by molar-refractivity contribution is 5.99. The fourth-order valence-electron chi connectivity index (χ4n) is 3.98. The van der Waals surface area contributed by atoms with Crippen LogP contribution in [0.25, 0.3) is 0 Å². The largest absolute Gasteiger partial charge is 0.490 e. The van der Waals surface area contributed by atoms with E-state index in [1.807, 2.05) is 13.8 Å². The predicted octanol–water partition coefficient (Wildman–Crippen LogP) is 2.12. The first-order valence-electron chi connectivity index (χ1n) is 10.9. The van der Waals surface area contributed by atoms with Crippen LogP contribution in [0.15, 0.2) is 18.2 Å². The minimum absolute atomic E-state index is 0.0148. The molecule has 1 saturated heterocycles. The van der Waals surface area contributed by atoms with E-state index in [4.69, 9.17) is 9.47 Å². The zero-order valence-corrected chi connectivity index (χ0v) is 18.4. The molecule has 0 bridgehead atoms. The molecule has 3 atom stereocenters. The van der Waals surface area contributed by atoms with Crippen molar-refractivity contribution in [2.75, 3.05) is 32.1 Å². The van der Waals surface area contributed by atoms with Gasteiger partial charge in [-0.15, -0.1) is 0 Å². The summed E-state index contributed by atoms with van der Waals surface area (Å²) < 4.78 is 12.1. The summed E-state index contributed by atoms with van der Waals surface area (Å²) in [4.78, 5) is 38.7. The average molecular weight is 433 g/mol. The van der Waals surface area contributed by atoms with Crippen LogP contribution in [-0.2, 0) is 9.53 Å². The van der Waals surface area contributed by atoms with Crippen LogP contribution in [-0.4, -0.2) is 67.7 Å². The van der Waals surface area contributed by atoms with Crippen LogP contribution in [0.4, 0.5) is 10.5 Å². The van der Waals surface area contributed by atoms with Gasteiger partial charge in [-0.3, -0.25) is 9.59 Å². The molecule has 2 aliphatic heterocycles. The zero-order valence-electron chi connectivity index (χ0n) is 18.4. The molecule has 2 aliphatic rings. The minimum atomic E-state index is -0.329. The molecule has 1 fully saturated rings. The van der Waals surface area contributed by atoms with Gasteiger partial charge in [0.25, 0.3) is 5.91 Å². The van der Waals surface area contributed by atoms with Gasteiger partial charge in [-0.25, -0.2) is 4.79 Å². The number of fused-ring (bicyclic) bond motifs is 2. The molecule has 170 valence electrons. The molecular weight excluding hydrogens is 400 g/mol. The summed E-state index contributed by atoms with van der Waals surface area (Å²) >= 11 is 0. The van der Waals surface area contributed by atoms with Gasteiger partial charge < -0.3 is 30.3 Å². The Bertz CT molecular complexity index is 815. The number of amides is 4. The SMILES string of the molecule is CCCNC(=O)C[C@@H]1CC[C@H]2[C@H](COc3ccc(NC(=O)NCC)cc3C(=O)N2C)O1. The summed E-state index contributed by atoms with van der Waals surface area (Å²) in [5.41, 5.74) is 0.918. The minimum Gasteiger partial charge on any atom is -0.490 e. The van der Waals surface area contributed by atoms with E-state index < -0.39 is 0 Å². The van der Waals surface area contributed by atoms with Gasteiger partial charge in [-0.05, 0) is 44.4 Å². The van der Waals surface area contributed by atoms with Gasteiger partial charge in [-0.2, -0.15) is 0 Å². The molecule has 3 N–H and O–H groups in total. The van der Waals surface area contributed by atoms with Crippen molar-refractivity contribution in [3.8, 4) is 5.75 Å². The molecule has 0 spiro atoms. The fraction of sp³-hybridized carbons (Fsp3) is 0.591. The van der Waals surface area contributed by atoms with E-state index in [0.717, 1.165) is 12.8 Å². The van der Waals surface area contributed by atoms with Crippen LogP contribution in [0.1, 0.15) is 49.9 Å². The Kier molecular flexibility index (Phi) is 7.73. The summed E-state index contributed by atoms with van der Waals surface area (Å²) in [7, 11) is 1.76. The first-order valence-corrected chi connectivity index (χ1v) is 10.9. The van der Waals surface area contributed by atoms with Crippen molar-refractivity contribution in [2.24, 2.45) is 0 Å². The second-order valence-corrected chi connectivity index (χ2v) is 7.92. The van der Waals surface area contributed by atoms with Gasteiger partial charge in [0.05, 0.1) is 24.1 Å². The monoisotopic (exact) mass is 432 g/mol. The normalized spacial score (nSPS) is 22.9. The zero-order chi connectivity index (χ0) is 22.4. The number of nitrogens with zero attached hydrogens (tertiary/aromatic N) is 1. The lowest BCUT2D eigenvalue weighted by molar-refractivity contribution is -0.134. The van der Waals surface area contributed by atoms with Crippen molar-refractivity contribution in [3.63, 3.8) is 0 Å². The number of rotatable bonds is 6. The lowest BCUT2D eigenvalue weighted by Crippen LogP contribution is -2.54. The average Bonchev–Trinajstić information content (AvgIpc) is 2.75. The van der Waals surface area contributed by atoms with Crippen molar-refractivity contribution in [1.82, 2.24) is 15.5 Å². The molecule has 0 unspecified atom stereocenters. The first kappa shape index (κ1) is 22.9. The van der Waals surface area contributed by atoms with Crippen LogP contribution in [0.2, 0.25) is 0 Å². The maximum atomic E-state index is 13.2. The lowest BCUT2D eigenvalue weighted by atomic mass is 9.94. The van der Waals surface area contributed by atoms with E-state index in [1.165, 1.54) is 0 Å². The van der Waals surface area contributed by atoms with Crippen LogP contribution in [0.5, 0.6) is 5.75 Å². The molecule has 9 nitrogen and oxygen atoms in total.